The van der Waals surface area contributed by atoms with Gasteiger partial charge in [0, 0.05) is 23.6 Å². The molecule has 1 N–H and O–H groups in total. The fourth-order valence-electron chi connectivity index (χ4n) is 1.77. The second-order valence-corrected chi connectivity index (χ2v) is 5.29. The lowest BCUT2D eigenvalue weighted by atomic mass is 10.2. The lowest BCUT2D eigenvalue weighted by Gasteiger charge is -2.07. The highest BCUT2D eigenvalue weighted by atomic mass is 32.2. The number of hydrogen-bond acceptors (Lipinski definition) is 2. The number of nitrogens with zero attached hydrogens (tertiary/aromatic N) is 1. The van der Waals surface area contributed by atoms with Crippen LogP contribution >= 0.6 is 11.8 Å². The number of aromatic amines is 1. The molecular weight excluding hydrogens is 196 g/mol. The highest BCUT2D eigenvalue weighted by Gasteiger charge is 2.17. The predicted octanol–water partition coefficient (Wildman–Crippen LogP) is 1.62. The van der Waals surface area contributed by atoms with Gasteiger partial charge in [0.25, 0.3) is 5.56 Å². The van der Waals surface area contributed by atoms with E-state index in [0.29, 0.717) is 5.92 Å². The first kappa shape index (κ1) is 9.90. The van der Waals surface area contributed by atoms with Crippen molar-refractivity contribution in [1.29, 1.82) is 0 Å². The third kappa shape index (κ3) is 1.75. The summed E-state index contributed by atoms with van der Waals surface area (Å²) >= 11 is 1.85. The summed E-state index contributed by atoms with van der Waals surface area (Å²) in [5.41, 5.74) is 2.36. The number of fused-ring (bicyclic) bond motifs is 1. The average molecular weight is 212 g/mol. The number of aryl methyl sites for hydroxylation is 1. The van der Waals surface area contributed by atoms with E-state index in [2.05, 4.69) is 18.9 Å². The van der Waals surface area contributed by atoms with E-state index in [0.717, 1.165) is 35.7 Å². The fraction of sp³-hybridized carbons (Fsp3) is 0.700. The smallest absolute Gasteiger partial charge is 0.270 e. The van der Waals surface area contributed by atoms with Crippen molar-refractivity contribution in [1.82, 2.24) is 9.78 Å². The minimum absolute atomic E-state index is 0.195. The quantitative estimate of drug-likeness (QED) is 0.809. The minimum atomic E-state index is 0.195. The molecule has 0 saturated heterocycles. The Balaban J connectivity index is 2.34. The highest BCUT2D eigenvalue weighted by Crippen LogP contribution is 2.20. The van der Waals surface area contributed by atoms with E-state index >= 15 is 0 Å². The van der Waals surface area contributed by atoms with E-state index in [9.17, 15) is 4.79 Å². The van der Waals surface area contributed by atoms with Crippen LogP contribution in [0.4, 0.5) is 0 Å². The Morgan fingerprint density at radius 2 is 2.36 bits per heavy atom. The molecule has 14 heavy (non-hydrogen) atoms. The summed E-state index contributed by atoms with van der Waals surface area (Å²) in [7, 11) is 0. The van der Waals surface area contributed by atoms with Crippen molar-refractivity contribution in [2.45, 2.75) is 32.6 Å². The van der Waals surface area contributed by atoms with Gasteiger partial charge in [-0.3, -0.25) is 14.6 Å². The molecule has 0 saturated carbocycles. The maximum atomic E-state index is 11.9. The standard InChI is InChI=1S/C10H16N2OS/c1-7(2)5-12-10(13)8-6-14-4-3-9(8)11-12/h7,11H,3-6H2,1-2H3. The Labute approximate surface area is 87.9 Å². The van der Waals surface area contributed by atoms with Crippen LogP contribution in [0.15, 0.2) is 4.79 Å². The van der Waals surface area contributed by atoms with Crippen LogP contribution < -0.4 is 5.56 Å². The van der Waals surface area contributed by atoms with Crippen molar-refractivity contribution >= 4 is 11.8 Å². The van der Waals surface area contributed by atoms with E-state index in [4.69, 9.17) is 0 Å². The molecule has 4 heteroatoms. The Kier molecular flexibility index (Phi) is 2.72. The molecular formula is C10H16N2OS. The van der Waals surface area contributed by atoms with E-state index < -0.39 is 0 Å². The zero-order valence-electron chi connectivity index (χ0n) is 8.67. The summed E-state index contributed by atoms with van der Waals surface area (Å²) < 4.78 is 1.77. The summed E-state index contributed by atoms with van der Waals surface area (Å²) in [6, 6.07) is 0. The first-order valence-corrected chi connectivity index (χ1v) is 6.22. The Hall–Kier alpha value is -0.640. The molecule has 78 valence electrons. The molecule has 3 nitrogen and oxygen atoms in total. The summed E-state index contributed by atoms with van der Waals surface area (Å²) in [6.07, 6.45) is 1.01. The molecule has 1 aliphatic heterocycles. The van der Waals surface area contributed by atoms with Crippen LogP contribution in [0, 0.1) is 5.92 Å². The summed E-state index contributed by atoms with van der Waals surface area (Å²) in [4.78, 5) is 11.9. The van der Waals surface area contributed by atoms with Crippen LogP contribution in [0.1, 0.15) is 25.1 Å². The molecule has 0 aliphatic carbocycles. The van der Waals surface area contributed by atoms with E-state index in [1.165, 1.54) is 0 Å². The molecule has 2 heterocycles. The molecule has 1 aromatic rings. The second kappa shape index (κ2) is 3.85. The van der Waals surface area contributed by atoms with Gasteiger partial charge in [0.15, 0.2) is 0 Å². The zero-order valence-corrected chi connectivity index (χ0v) is 9.49. The van der Waals surface area contributed by atoms with Gasteiger partial charge in [-0.25, -0.2) is 0 Å². The van der Waals surface area contributed by atoms with Gasteiger partial charge < -0.3 is 0 Å². The third-order valence-electron chi connectivity index (χ3n) is 2.43. The molecule has 0 fully saturated rings. The number of hydrogen-bond donors (Lipinski definition) is 1. The zero-order chi connectivity index (χ0) is 10.1. The number of nitrogens with one attached hydrogen (secondary N) is 1. The molecule has 0 spiro atoms. The van der Waals surface area contributed by atoms with Crippen molar-refractivity contribution in [2.24, 2.45) is 5.92 Å². The maximum absolute atomic E-state index is 11.9. The van der Waals surface area contributed by atoms with E-state index in [1.807, 2.05) is 11.8 Å². The third-order valence-corrected chi connectivity index (χ3v) is 3.41. The van der Waals surface area contributed by atoms with Gasteiger partial charge in [-0.05, 0) is 18.1 Å². The Morgan fingerprint density at radius 3 is 3.00 bits per heavy atom. The van der Waals surface area contributed by atoms with Crippen LogP contribution in [-0.4, -0.2) is 15.5 Å². The molecule has 1 aliphatic rings. The maximum Gasteiger partial charge on any atom is 0.270 e. The summed E-state index contributed by atoms with van der Waals surface area (Å²) in [6.45, 7) is 5.05. The lowest BCUT2D eigenvalue weighted by Crippen LogP contribution is -2.21. The first-order chi connectivity index (χ1) is 6.68. The molecule has 0 amide bonds. The van der Waals surface area contributed by atoms with Crippen molar-refractivity contribution in [3.63, 3.8) is 0 Å². The van der Waals surface area contributed by atoms with Crippen LogP contribution in [0.25, 0.3) is 0 Å². The van der Waals surface area contributed by atoms with Gasteiger partial charge in [-0.1, -0.05) is 13.8 Å². The first-order valence-electron chi connectivity index (χ1n) is 5.06. The minimum Gasteiger partial charge on any atom is -0.299 e. The Bertz CT molecular complexity index is 378. The largest absolute Gasteiger partial charge is 0.299 e. The molecule has 2 rings (SSSR count). The summed E-state index contributed by atoms with van der Waals surface area (Å²) in [5, 5.41) is 3.22. The molecule has 0 aromatic carbocycles. The monoisotopic (exact) mass is 212 g/mol. The van der Waals surface area contributed by atoms with Crippen molar-refractivity contribution < 1.29 is 0 Å². The molecule has 0 radical (unpaired) electrons. The van der Waals surface area contributed by atoms with Crippen LogP contribution in [-0.2, 0) is 18.7 Å². The van der Waals surface area contributed by atoms with E-state index in [-0.39, 0.29) is 5.56 Å². The van der Waals surface area contributed by atoms with Crippen molar-refractivity contribution in [2.75, 3.05) is 5.75 Å². The van der Waals surface area contributed by atoms with Crippen molar-refractivity contribution in [3.05, 3.63) is 21.6 Å². The number of rotatable bonds is 2. The SMILES string of the molecule is CC(C)Cn1[nH]c2c(c1=O)CSCC2. The van der Waals surface area contributed by atoms with Gasteiger partial charge in [0.1, 0.15) is 0 Å². The molecule has 0 unspecified atom stereocenters. The number of aromatic nitrogens is 2. The predicted molar refractivity (Wildman–Crippen MR) is 59.8 cm³/mol. The van der Waals surface area contributed by atoms with Gasteiger partial charge in [0.2, 0.25) is 0 Å². The highest BCUT2D eigenvalue weighted by molar-refractivity contribution is 7.98. The molecule has 1 aromatic heterocycles. The van der Waals surface area contributed by atoms with Gasteiger partial charge in [0.05, 0.1) is 0 Å². The van der Waals surface area contributed by atoms with Crippen molar-refractivity contribution in [3.8, 4) is 0 Å². The number of H-pyrrole nitrogens is 1. The van der Waals surface area contributed by atoms with Crippen LogP contribution in [0.2, 0.25) is 0 Å². The normalized spacial score (nSPS) is 15.9. The fourth-order valence-corrected chi connectivity index (χ4v) is 2.77. The average Bonchev–Trinajstić information content (AvgIpc) is 2.44. The Morgan fingerprint density at radius 1 is 1.57 bits per heavy atom. The van der Waals surface area contributed by atoms with Gasteiger partial charge in [-0.2, -0.15) is 11.8 Å². The number of thioether (sulfide) groups is 1. The molecule has 0 bridgehead atoms. The lowest BCUT2D eigenvalue weighted by molar-refractivity contribution is 0.470. The van der Waals surface area contributed by atoms with Gasteiger partial charge >= 0.3 is 0 Å². The topological polar surface area (TPSA) is 37.8 Å². The van der Waals surface area contributed by atoms with E-state index in [1.54, 1.807) is 4.68 Å². The van der Waals surface area contributed by atoms with Crippen LogP contribution in [0.3, 0.4) is 0 Å². The second-order valence-electron chi connectivity index (χ2n) is 4.18. The van der Waals surface area contributed by atoms with Gasteiger partial charge in [-0.15, -0.1) is 0 Å². The molecule has 0 atom stereocenters. The summed E-state index contributed by atoms with van der Waals surface area (Å²) in [5.74, 6) is 2.53. The van der Waals surface area contributed by atoms with Crippen LogP contribution in [0.5, 0.6) is 0 Å².